The highest BCUT2D eigenvalue weighted by Gasteiger charge is 2.32. The van der Waals surface area contributed by atoms with Gasteiger partial charge in [-0.05, 0) is 50.5 Å². The van der Waals surface area contributed by atoms with Crippen LogP contribution in [0.5, 0.6) is 0 Å². The Balaban J connectivity index is 1.54. The number of nitrogens with one attached hydrogen (secondary N) is 1. The Bertz CT molecular complexity index is 1040. The van der Waals surface area contributed by atoms with Crippen LogP contribution in [-0.4, -0.2) is 27.6 Å². The topological polar surface area (TPSA) is 71.3 Å². The van der Waals surface area contributed by atoms with Crippen molar-refractivity contribution in [2.75, 3.05) is 11.9 Å². The van der Waals surface area contributed by atoms with E-state index in [1.165, 1.54) is 18.2 Å². The van der Waals surface area contributed by atoms with Gasteiger partial charge in [0.15, 0.2) is 0 Å². The first-order valence-corrected chi connectivity index (χ1v) is 9.82. The van der Waals surface area contributed by atoms with Gasteiger partial charge in [-0.3, -0.25) is 0 Å². The Kier molecular flexibility index (Phi) is 5.49. The monoisotopic (exact) mass is 414 g/mol. The lowest BCUT2D eigenvalue weighted by molar-refractivity contribution is 0.142. The standard InChI is InChI=1S/C21H20ClFN4O2/c1-13-5-4-6-14(11-13)19-25-20(29-26-19)18-7-2-3-10-27(18)21(28)24-15-8-9-17(23)16(22)12-15/h4-6,8-9,11-12,18H,2-3,7,10H2,1H3,(H,24,28)/t18-/m0/s1. The number of rotatable bonds is 3. The van der Waals surface area contributed by atoms with Crippen LogP contribution in [0.15, 0.2) is 47.0 Å². The van der Waals surface area contributed by atoms with Crippen molar-refractivity contribution >= 4 is 23.3 Å². The van der Waals surface area contributed by atoms with E-state index in [2.05, 4.69) is 15.5 Å². The van der Waals surface area contributed by atoms with E-state index in [-0.39, 0.29) is 17.1 Å². The molecule has 4 rings (SSSR count). The molecule has 0 bridgehead atoms. The number of anilines is 1. The summed E-state index contributed by atoms with van der Waals surface area (Å²) in [6.45, 7) is 2.56. The van der Waals surface area contributed by atoms with Gasteiger partial charge in [-0.15, -0.1) is 0 Å². The molecule has 1 aliphatic heterocycles. The van der Waals surface area contributed by atoms with Gasteiger partial charge in [0, 0.05) is 17.8 Å². The number of nitrogens with zero attached hydrogens (tertiary/aromatic N) is 3. The van der Waals surface area contributed by atoms with E-state index < -0.39 is 5.82 Å². The van der Waals surface area contributed by atoms with Crippen LogP contribution in [0.1, 0.15) is 36.8 Å². The fourth-order valence-electron chi connectivity index (χ4n) is 3.47. The Morgan fingerprint density at radius 2 is 2.14 bits per heavy atom. The summed E-state index contributed by atoms with van der Waals surface area (Å²) in [6, 6.07) is 11.3. The van der Waals surface area contributed by atoms with Crippen molar-refractivity contribution < 1.29 is 13.7 Å². The molecule has 3 aromatic rings. The number of urea groups is 1. The third kappa shape index (κ3) is 4.24. The van der Waals surface area contributed by atoms with Gasteiger partial charge >= 0.3 is 6.03 Å². The molecule has 29 heavy (non-hydrogen) atoms. The van der Waals surface area contributed by atoms with E-state index in [9.17, 15) is 9.18 Å². The van der Waals surface area contributed by atoms with Gasteiger partial charge in [0.2, 0.25) is 11.7 Å². The summed E-state index contributed by atoms with van der Waals surface area (Å²) in [5.74, 6) is 0.378. The molecule has 2 aromatic carbocycles. The predicted octanol–water partition coefficient (Wildman–Crippen LogP) is 5.60. The highest BCUT2D eigenvalue weighted by atomic mass is 35.5. The number of piperidine rings is 1. The maximum Gasteiger partial charge on any atom is 0.322 e. The first-order chi connectivity index (χ1) is 14.0. The van der Waals surface area contributed by atoms with Crippen LogP contribution in [-0.2, 0) is 0 Å². The summed E-state index contributed by atoms with van der Waals surface area (Å²) < 4.78 is 18.9. The maximum absolute atomic E-state index is 13.4. The molecule has 1 aromatic heterocycles. The molecule has 0 unspecified atom stereocenters. The minimum absolute atomic E-state index is 0.0438. The summed E-state index contributed by atoms with van der Waals surface area (Å²) in [7, 11) is 0. The summed E-state index contributed by atoms with van der Waals surface area (Å²) in [5.41, 5.74) is 2.40. The van der Waals surface area contributed by atoms with Crippen molar-refractivity contribution in [1.82, 2.24) is 15.0 Å². The number of aromatic nitrogens is 2. The number of halogens is 2. The molecule has 1 atom stereocenters. The van der Waals surface area contributed by atoms with Crippen molar-refractivity contribution in [1.29, 1.82) is 0 Å². The molecule has 1 fully saturated rings. The van der Waals surface area contributed by atoms with E-state index >= 15 is 0 Å². The Morgan fingerprint density at radius 1 is 1.28 bits per heavy atom. The number of amides is 2. The predicted molar refractivity (Wildman–Crippen MR) is 108 cm³/mol. The van der Waals surface area contributed by atoms with Crippen LogP contribution in [0.3, 0.4) is 0 Å². The van der Waals surface area contributed by atoms with Gasteiger partial charge in [0.1, 0.15) is 11.9 Å². The zero-order valence-corrected chi connectivity index (χ0v) is 16.6. The molecule has 6 nitrogen and oxygen atoms in total. The second-order valence-electron chi connectivity index (χ2n) is 7.09. The largest absolute Gasteiger partial charge is 0.337 e. The van der Waals surface area contributed by atoms with Gasteiger partial charge < -0.3 is 14.7 Å². The third-order valence-electron chi connectivity index (χ3n) is 4.94. The summed E-state index contributed by atoms with van der Waals surface area (Å²) in [4.78, 5) is 19.1. The van der Waals surface area contributed by atoms with Crippen molar-refractivity contribution in [3.63, 3.8) is 0 Å². The molecular weight excluding hydrogens is 395 g/mol. The summed E-state index contributed by atoms with van der Waals surface area (Å²) in [5, 5.41) is 6.83. The lowest BCUT2D eigenvalue weighted by Gasteiger charge is -2.33. The number of carbonyl (C=O) groups excluding carboxylic acids is 1. The minimum atomic E-state index is -0.532. The molecule has 8 heteroatoms. The van der Waals surface area contributed by atoms with Crippen LogP contribution in [0.4, 0.5) is 14.9 Å². The highest BCUT2D eigenvalue weighted by molar-refractivity contribution is 6.31. The van der Waals surface area contributed by atoms with E-state index in [1.54, 1.807) is 4.90 Å². The first kappa shape index (κ1) is 19.4. The quantitative estimate of drug-likeness (QED) is 0.605. The molecule has 2 amide bonds. The number of hydrogen-bond donors (Lipinski definition) is 1. The second-order valence-corrected chi connectivity index (χ2v) is 7.50. The van der Waals surface area contributed by atoms with E-state index in [4.69, 9.17) is 16.1 Å². The molecule has 0 spiro atoms. The zero-order chi connectivity index (χ0) is 20.4. The summed E-state index contributed by atoms with van der Waals surface area (Å²) in [6.07, 6.45) is 2.57. The van der Waals surface area contributed by atoms with Crippen molar-refractivity contribution in [2.24, 2.45) is 0 Å². The van der Waals surface area contributed by atoms with Crippen LogP contribution >= 0.6 is 11.6 Å². The minimum Gasteiger partial charge on any atom is -0.337 e. The second kappa shape index (κ2) is 8.21. The molecule has 1 aliphatic rings. The van der Waals surface area contributed by atoms with Crippen molar-refractivity contribution in [3.8, 4) is 11.4 Å². The number of hydrogen-bond acceptors (Lipinski definition) is 4. The molecule has 150 valence electrons. The Hall–Kier alpha value is -2.93. The number of likely N-dealkylation sites (tertiary alicyclic amines) is 1. The smallest absolute Gasteiger partial charge is 0.322 e. The van der Waals surface area contributed by atoms with Gasteiger partial charge in [0.25, 0.3) is 0 Å². The van der Waals surface area contributed by atoms with E-state index in [0.29, 0.717) is 23.9 Å². The van der Waals surface area contributed by atoms with Gasteiger partial charge in [-0.25, -0.2) is 9.18 Å². The number of carbonyl (C=O) groups is 1. The molecule has 0 aliphatic carbocycles. The fraction of sp³-hybridized carbons (Fsp3) is 0.286. The number of benzene rings is 2. The average Bonchev–Trinajstić information content (AvgIpc) is 3.21. The van der Waals surface area contributed by atoms with Crippen LogP contribution in [0, 0.1) is 12.7 Å². The molecular formula is C21H20ClFN4O2. The van der Waals surface area contributed by atoms with Gasteiger partial charge in [-0.1, -0.05) is 40.5 Å². The van der Waals surface area contributed by atoms with Gasteiger partial charge in [0.05, 0.1) is 5.02 Å². The normalized spacial score (nSPS) is 16.7. The number of aryl methyl sites for hydroxylation is 1. The van der Waals surface area contributed by atoms with Crippen molar-refractivity contribution in [2.45, 2.75) is 32.2 Å². The first-order valence-electron chi connectivity index (χ1n) is 9.44. The van der Waals surface area contributed by atoms with E-state index in [1.807, 2.05) is 31.2 Å². The fourth-order valence-corrected chi connectivity index (χ4v) is 3.65. The molecule has 1 N–H and O–H groups in total. The highest BCUT2D eigenvalue weighted by Crippen LogP contribution is 2.32. The van der Waals surface area contributed by atoms with Crippen LogP contribution < -0.4 is 5.32 Å². The van der Waals surface area contributed by atoms with Crippen LogP contribution in [0.2, 0.25) is 5.02 Å². The van der Waals surface area contributed by atoms with Crippen LogP contribution in [0.25, 0.3) is 11.4 Å². The molecule has 2 heterocycles. The van der Waals surface area contributed by atoms with Crippen molar-refractivity contribution in [3.05, 3.63) is 64.8 Å². The Morgan fingerprint density at radius 3 is 2.93 bits per heavy atom. The lowest BCUT2D eigenvalue weighted by Crippen LogP contribution is -2.41. The SMILES string of the molecule is Cc1cccc(-c2noc([C@@H]3CCCCN3C(=O)Nc3ccc(F)c(Cl)c3)n2)c1. The Labute approximate surface area is 172 Å². The molecule has 0 saturated carbocycles. The van der Waals surface area contributed by atoms with Gasteiger partial charge in [-0.2, -0.15) is 4.98 Å². The maximum atomic E-state index is 13.4. The average molecular weight is 415 g/mol. The molecule has 1 saturated heterocycles. The molecule has 0 radical (unpaired) electrons. The third-order valence-corrected chi connectivity index (χ3v) is 5.23. The van der Waals surface area contributed by atoms with E-state index in [0.717, 1.165) is 30.4 Å². The summed E-state index contributed by atoms with van der Waals surface area (Å²) >= 11 is 5.81. The lowest BCUT2D eigenvalue weighted by atomic mass is 10.0. The zero-order valence-electron chi connectivity index (χ0n) is 15.9.